The molecule has 0 aliphatic carbocycles. The number of hydrogen-bond acceptors (Lipinski definition) is 5. The highest BCUT2D eigenvalue weighted by Gasteiger charge is 2.19. The van der Waals surface area contributed by atoms with Crippen LogP contribution in [-0.2, 0) is 9.53 Å². The summed E-state index contributed by atoms with van der Waals surface area (Å²) in [5, 5.41) is 5.48. The number of carbonyl (C=O) groups is 2. The standard InChI is InChI=1S/C15H20ClN3O4/c1-9(14(20)19-15(17)21)18-12-7-10(16)4-5-13(12)23-8-11-3-2-6-22-11/h4-5,7,9,11,18H,2-3,6,8H2,1H3,(H3,17,19,20,21)/t9-,11-/m1/s1. The largest absolute Gasteiger partial charge is 0.489 e. The molecule has 4 N–H and O–H groups in total. The topological polar surface area (TPSA) is 103 Å². The van der Waals surface area contributed by atoms with Crippen LogP contribution < -0.4 is 21.1 Å². The average Bonchev–Trinajstić information content (AvgIpc) is 2.99. The minimum absolute atomic E-state index is 0.0779. The second-order valence-electron chi connectivity index (χ2n) is 5.31. The van der Waals surface area contributed by atoms with Crippen LogP contribution in [0.25, 0.3) is 0 Å². The quantitative estimate of drug-likeness (QED) is 0.733. The molecule has 2 rings (SSSR count). The van der Waals surface area contributed by atoms with Gasteiger partial charge in [-0.25, -0.2) is 4.79 Å². The Kier molecular flexibility index (Phi) is 6.06. The van der Waals surface area contributed by atoms with Gasteiger partial charge in [0.1, 0.15) is 18.4 Å². The first-order valence-electron chi connectivity index (χ1n) is 7.36. The maximum Gasteiger partial charge on any atom is 0.318 e. The highest BCUT2D eigenvalue weighted by Crippen LogP contribution is 2.29. The van der Waals surface area contributed by atoms with Crippen molar-refractivity contribution in [3.8, 4) is 5.75 Å². The van der Waals surface area contributed by atoms with Crippen molar-refractivity contribution in [1.29, 1.82) is 0 Å². The van der Waals surface area contributed by atoms with Crippen LogP contribution in [0.3, 0.4) is 0 Å². The van der Waals surface area contributed by atoms with Gasteiger partial charge in [-0.3, -0.25) is 10.1 Å². The van der Waals surface area contributed by atoms with Crippen molar-refractivity contribution >= 4 is 29.2 Å². The van der Waals surface area contributed by atoms with E-state index in [1.165, 1.54) is 0 Å². The van der Waals surface area contributed by atoms with E-state index < -0.39 is 18.0 Å². The third-order valence-corrected chi connectivity index (χ3v) is 3.64. The number of rotatable bonds is 6. The number of primary amides is 1. The molecule has 2 atom stereocenters. The number of carbonyl (C=O) groups excluding carboxylic acids is 2. The number of halogens is 1. The molecule has 7 nitrogen and oxygen atoms in total. The average molecular weight is 342 g/mol. The molecule has 0 spiro atoms. The molecule has 0 saturated carbocycles. The maximum atomic E-state index is 11.8. The number of imide groups is 1. The zero-order chi connectivity index (χ0) is 16.8. The number of nitrogens with one attached hydrogen (secondary N) is 2. The fraction of sp³-hybridized carbons (Fsp3) is 0.467. The lowest BCUT2D eigenvalue weighted by Crippen LogP contribution is -2.43. The number of urea groups is 1. The summed E-state index contributed by atoms with van der Waals surface area (Å²) in [5.74, 6) is 0.0196. The molecular formula is C15H20ClN3O4. The molecule has 3 amide bonds. The van der Waals surface area contributed by atoms with Gasteiger partial charge in [0.15, 0.2) is 0 Å². The molecular weight excluding hydrogens is 322 g/mol. The second-order valence-corrected chi connectivity index (χ2v) is 5.74. The van der Waals surface area contributed by atoms with E-state index in [4.69, 9.17) is 26.8 Å². The van der Waals surface area contributed by atoms with Crippen LogP contribution in [0.15, 0.2) is 18.2 Å². The third-order valence-electron chi connectivity index (χ3n) is 3.40. The summed E-state index contributed by atoms with van der Waals surface area (Å²) in [5.41, 5.74) is 5.50. The summed E-state index contributed by atoms with van der Waals surface area (Å²) < 4.78 is 11.3. The van der Waals surface area contributed by atoms with Crippen molar-refractivity contribution in [3.63, 3.8) is 0 Å². The predicted octanol–water partition coefficient (Wildman–Crippen LogP) is 1.89. The highest BCUT2D eigenvalue weighted by atomic mass is 35.5. The summed E-state index contributed by atoms with van der Waals surface area (Å²) in [6, 6.07) is 3.49. The number of nitrogens with two attached hydrogens (primary N) is 1. The van der Waals surface area contributed by atoms with Gasteiger partial charge in [-0.05, 0) is 38.0 Å². The van der Waals surface area contributed by atoms with Crippen LogP contribution >= 0.6 is 11.6 Å². The first kappa shape index (κ1) is 17.4. The Labute approximate surface area is 139 Å². The molecule has 1 fully saturated rings. The van der Waals surface area contributed by atoms with Gasteiger partial charge >= 0.3 is 6.03 Å². The van der Waals surface area contributed by atoms with Crippen molar-refractivity contribution < 1.29 is 19.1 Å². The monoisotopic (exact) mass is 341 g/mol. The van der Waals surface area contributed by atoms with Crippen LogP contribution in [0.5, 0.6) is 5.75 Å². The second kappa shape index (κ2) is 8.03. The fourth-order valence-electron chi connectivity index (χ4n) is 2.23. The number of benzene rings is 1. The van der Waals surface area contributed by atoms with Gasteiger partial charge in [0.25, 0.3) is 0 Å². The molecule has 1 aliphatic rings. The Morgan fingerprint density at radius 2 is 2.30 bits per heavy atom. The minimum Gasteiger partial charge on any atom is -0.489 e. The van der Waals surface area contributed by atoms with Crippen molar-refractivity contribution in [3.05, 3.63) is 23.2 Å². The molecule has 0 aromatic heterocycles. The minimum atomic E-state index is -0.899. The predicted molar refractivity (Wildman–Crippen MR) is 86.7 cm³/mol. The zero-order valence-corrected chi connectivity index (χ0v) is 13.6. The Bertz CT molecular complexity index is 576. The lowest BCUT2D eigenvalue weighted by Gasteiger charge is -2.19. The van der Waals surface area contributed by atoms with E-state index in [0.717, 1.165) is 19.4 Å². The smallest absolute Gasteiger partial charge is 0.318 e. The van der Waals surface area contributed by atoms with E-state index in [1.54, 1.807) is 25.1 Å². The first-order chi connectivity index (χ1) is 11.0. The van der Waals surface area contributed by atoms with Crippen LogP contribution in [-0.4, -0.2) is 37.3 Å². The molecule has 1 aromatic carbocycles. The Morgan fingerprint density at radius 1 is 1.52 bits per heavy atom. The van der Waals surface area contributed by atoms with Gasteiger partial charge in [-0.15, -0.1) is 0 Å². The van der Waals surface area contributed by atoms with Crippen LogP contribution in [0, 0.1) is 0 Å². The zero-order valence-electron chi connectivity index (χ0n) is 12.8. The fourth-order valence-corrected chi connectivity index (χ4v) is 2.40. The normalized spacial score (nSPS) is 18.3. The number of amides is 3. The molecule has 0 bridgehead atoms. The van der Waals surface area contributed by atoms with Gasteiger partial charge in [0.05, 0.1) is 11.8 Å². The molecule has 1 heterocycles. The molecule has 1 saturated heterocycles. The number of anilines is 1. The maximum absolute atomic E-state index is 11.8. The van der Waals surface area contributed by atoms with Crippen molar-refractivity contribution in [2.24, 2.45) is 5.73 Å². The first-order valence-corrected chi connectivity index (χ1v) is 7.74. The third kappa shape index (κ3) is 5.30. The van der Waals surface area contributed by atoms with Gasteiger partial charge in [0.2, 0.25) is 5.91 Å². The van der Waals surface area contributed by atoms with Gasteiger partial charge in [0, 0.05) is 11.6 Å². The molecule has 0 unspecified atom stereocenters. The lowest BCUT2D eigenvalue weighted by molar-refractivity contribution is -0.120. The van der Waals surface area contributed by atoms with E-state index in [-0.39, 0.29) is 6.10 Å². The van der Waals surface area contributed by atoms with E-state index in [2.05, 4.69) is 5.32 Å². The van der Waals surface area contributed by atoms with E-state index in [1.807, 2.05) is 5.32 Å². The highest BCUT2D eigenvalue weighted by molar-refractivity contribution is 6.31. The van der Waals surface area contributed by atoms with Crippen molar-refractivity contribution in [2.75, 3.05) is 18.5 Å². The lowest BCUT2D eigenvalue weighted by atomic mass is 10.2. The number of ether oxygens (including phenoxy) is 2. The summed E-state index contributed by atoms with van der Waals surface area (Å²) in [6.07, 6.45) is 2.08. The summed E-state index contributed by atoms with van der Waals surface area (Å²) >= 11 is 6.00. The molecule has 126 valence electrons. The van der Waals surface area contributed by atoms with Crippen molar-refractivity contribution in [1.82, 2.24) is 5.32 Å². The van der Waals surface area contributed by atoms with Gasteiger partial charge in [-0.2, -0.15) is 0 Å². The van der Waals surface area contributed by atoms with E-state index in [0.29, 0.717) is 23.1 Å². The SMILES string of the molecule is C[C@@H](Nc1cc(Cl)ccc1OC[C@H]1CCCO1)C(=O)NC(N)=O. The summed E-state index contributed by atoms with van der Waals surface area (Å²) in [7, 11) is 0. The van der Waals surface area contributed by atoms with Gasteiger partial charge in [-0.1, -0.05) is 11.6 Å². The molecule has 1 aromatic rings. The van der Waals surface area contributed by atoms with Gasteiger partial charge < -0.3 is 20.5 Å². The molecule has 0 radical (unpaired) electrons. The molecule has 1 aliphatic heterocycles. The summed E-state index contributed by atoms with van der Waals surface area (Å²) in [6.45, 7) is 2.78. The van der Waals surface area contributed by atoms with E-state index in [9.17, 15) is 9.59 Å². The Balaban J connectivity index is 2.02. The van der Waals surface area contributed by atoms with Crippen molar-refractivity contribution in [2.45, 2.75) is 31.9 Å². The molecule has 8 heteroatoms. The molecule has 23 heavy (non-hydrogen) atoms. The van der Waals surface area contributed by atoms with E-state index >= 15 is 0 Å². The number of hydrogen-bond donors (Lipinski definition) is 3. The van der Waals surface area contributed by atoms with Crippen LogP contribution in [0.1, 0.15) is 19.8 Å². The van der Waals surface area contributed by atoms with Crippen LogP contribution in [0.4, 0.5) is 10.5 Å². The summed E-state index contributed by atoms with van der Waals surface area (Å²) in [4.78, 5) is 22.5. The Morgan fingerprint density at radius 3 is 2.96 bits per heavy atom. The Hall–Kier alpha value is -1.99. The van der Waals surface area contributed by atoms with Crippen LogP contribution in [0.2, 0.25) is 5.02 Å².